The lowest BCUT2D eigenvalue weighted by Gasteiger charge is -2.06. The topological polar surface area (TPSA) is 101 Å². The van der Waals surface area contributed by atoms with Crippen LogP contribution in [0.25, 0.3) is 23.1 Å². The number of anilines is 1. The van der Waals surface area contributed by atoms with Crippen molar-refractivity contribution in [2.45, 2.75) is 0 Å². The van der Waals surface area contributed by atoms with Crippen LogP contribution >= 0.6 is 0 Å². The van der Waals surface area contributed by atoms with Gasteiger partial charge in [0.05, 0.1) is 23.0 Å². The lowest BCUT2D eigenvalue weighted by molar-refractivity contribution is 0.102. The summed E-state index contributed by atoms with van der Waals surface area (Å²) >= 11 is 0. The lowest BCUT2D eigenvalue weighted by Crippen LogP contribution is -2.11. The molecule has 33 heavy (non-hydrogen) atoms. The summed E-state index contributed by atoms with van der Waals surface area (Å²) in [6.07, 6.45) is 6.52. The number of carbonyl (C=O) groups excluding carboxylic acids is 2. The predicted octanol–water partition coefficient (Wildman–Crippen LogP) is 5.20. The molecule has 7 nitrogen and oxygen atoms in total. The first kappa shape index (κ1) is 20.1. The van der Waals surface area contributed by atoms with Crippen LogP contribution in [0.4, 0.5) is 5.69 Å². The van der Waals surface area contributed by atoms with Crippen LogP contribution < -0.4 is 5.32 Å². The van der Waals surface area contributed by atoms with Crippen LogP contribution in [-0.4, -0.2) is 27.0 Å². The molecule has 5 aromatic rings. The van der Waals surface area contributed by atoms with Gasteiger partial charge in [-0.05, 0) is 35.9 Å². The molecule has 0 atom stereocenters. The molecule has 160 valence electrons. The molecule has 0 saturated carbocycles. The first-order valence-electron chi connectivity index (χ1n) is 10.2. The highest BCUT2D eigenvalue weighted by Crippen LogP contribution is 2.22. The minimum absolute atomic E-state index is 0.158. The Morgan fingerprint density at radius 3 is 2.55 bits per heavy atom. The van der Waals surface area contributed by atoms with Crippen molar-refractivity contribution in [2.75, 3.05) is 5.32 Å². The summed E-state index contributed by atoms with van der Waals surface area (Å²) in [5.41, 5.74) is 4.43. The van der Waals surface area contributed by atoms with E-state index in [0.717, 1.165) is 22.2 Å². The Labute approximate surface area is 188 Å². The Morgan fingerprint density at radius 2 is 1.73 bits per heavy atom. The molecule has 0 aliphatic heterocycles. The van der Waals surface area contributed by atoms with E-state index < -0.39 is 0 Å². The molecule has 0 unspecified atom stereocenters. The number of hydrogen-bond acceptors (Lipinski definition) is 5. The average molecular weight is 434 g/mol. The number of carbonyl (C=O) groups is 2. The van der Waals surface area contributed by atoms with Crippen molar-refractivity contribution in [1.82, 2.24) is 15.4 Å². The normalized spacial score (nSPS) is 11.2. The molecule has 0 bridgehead atoms. The summed E-state index contributed by atoms with van der Waals surface area (Å²) < 4.78 is 4.69. The third-order valence-electron chi connectivity index (χ3n) is 5.16. The summed E-state index contributed by atoms with van der Waals surface area (Å²) in [4.78, 5) is 25.3. The van der Waals surface area contributed by atoms with Gasteiger partial charge < -0.3 is 9.84 Å². The Morgan fingerprint density at radius 1 is 0.879 bits per heavy atom. The van der Waals surface area contributed by atoms with Crippen molar-refractivity contribution in [2.24, 2.45) is 0 Å². The molecular weight excluding hydrogens is 416 g/mol. The second-order valence-electron chi connectivity index (χ2n) is 7.39. The quantitative estimate of drug-likeness (QED) is 0.358. The number of nitrogens with one attached hydrogen (secondary N) is 2. The maximum Gasteiger partial charge on any atom is 0.260 e. The fraction of sp³-hybridized carbons (Fsp3) is 0. The molecule has 2 heterocycles. The van der Waals surface area contributed by atoms with E-state index in [0.29, 0.717) is 22.4 Å². The maximum atomic E-state index is 13.1. The van der Waals surface area contributed by atoms with E-state index in [2.05, 4.69) is 20.7 Å². The number of amides is 1. The molecule has 2 N–H and O–H groups in total. The number of H-pyrrole nitrogens is 1. The van der Waals surface area contributed by atoms with Crippen LogP contribution in [0.5, 0.6) is 0 Å². The summed E-state index contributed by atoms with van der Waals surface area (Å²) in [6.45, 7) is 0. The Bertz CT molecular complexity index is 1470. The summed E-state index contributed by atoms with van der Waals surface area (Å²) in [5.74, 6) is -0.523. The average Bonchev–Trinajstić information content (AvgIpc) is 3.53. The monoisotopic (exact) mass is 434 g/mol. The highest BCUT2D eigenvalue weighted by Gasteiger charge is 2.14. The van der Waals surface area contributed by atoms with E-state index in [-0.39, 0.29) is 11.7 Å². The molecule has 3 aromatic carbocycles. The SMILES string of the molecule is O=C(Nc1cccc(C(=O)c2ccc3c(/C=C/c4ccccc4)n[nH]c3c2)c1)c1cnoc1. The van der Waals surface area contributed by atoms with Gasteiger partial charge in [-0.3, -0.25) is 14.7 Å². The number of ketones is 1. The number of fused-ring (bicyclic) bond motifs is 1. The Hall–Kier alpha value is -4.78. The van der Waals surface area contributed by atoms with Gasteiger partial charge >= 0.3 is 0 Å². The molecule has 1 amide bonds. The smallest absolute Gasteiger partial charge is 0.260 e. The van der Waals surface area contributed by atoms with Crippen molar-refractivity contribution >= 4 is 40.4 Å². The van der Waals surface area contributed by atoms with E-state index in [1.54, 1.807) is 36.4 Å². The summed E-state index contributed by atoms with van der Waals surface area (Å²) in [5, 5.41) is 14.6. The van der Waals surface area contributed by atoms with Gasteiger partial charge in [-0.25, -0.2) is 0 Å². The largest absolute Gasteiger partial charge is 0.364 e. The molecule has 0 spiro atoms. The van der Waals surface area contributed by atoms with Gasteiger partial charge in [0.15, 0.2) is 5.78 Å². The highest BCUT2D eigenvalue weighted by atomic mass is 16.5. The van der Waals surface area contributed by atoms with E-state index in [9.17, 15) is 9.59 Å². The molecule has 7 heteroatoms. The number of aromatic nitrogens is 3. The van der Waals surface area contributed by atoms with E-state index >= 15 is 0 Å². The first-order valence-corrected chi connectivity index (χ1v) is 10.2. The van der Waals surface area contributed by atoms with Crippen LogP contribution in [0, 0.1) is 0 Å². The van der Waals surface area contributed by atoms with Crippen molar-refractivity contribution in [3.05, 3.63) is 113 Å². The number of aromatic amines is 1. The minimum atomic E-state index is -0.365. The number of hydrogen-bond donors (Lipinski definition) is 2. The van der Waals surface area contributed by atoms with Crippen LogP contribution in [0.15, 0.2) is 89.8 Å². The minimum Gasteiger partial charge on any atom is -0.364 e. The predicted molar refractivity (Wildman–Crippen MR) is 126 cm³/mol. The van der Waals surface area contributed by atoms with Gasteiger partial charge in [0, 0.05) is 22.2 Å². The zero-order chi connectivity index (χ0) is 22.6. The number of benzene rings is 3. The van der Waals surface area contributed by atoms with E-state index in [4.69, 9.17) is 4.52 Å². The molecule has 0 radical (unpaired) electrons. The van der Waals surface area contributed by atoms with Crippen molar-refractivity contribution in [3.63, 3.8) is 0 Å². The maximum absolute atomic E-state index is 13.1. The van der Waals surface area contributed by atoms with Gasteiger partial charge in [-0.1, -0.05) is 59.8 Å². The number of nitrogens with zero attached hydrogens (tertiary/aromatic N) is 2. The van der Waals surface area contributed by atoms with Crippen LogP contribution in [0.1, 0.15) is 37.5 Å². The zero-order valence-corrected chi connectivity index (χ0v) is 17.4. The van der Waals surface area contributed by atoms with Crippen LogP contribution in [0.2, 0.25) is 0 Å². The van der Waals surface area contributed by atoms with Gasteiger partial charge in [0.25, 0.3) is 5.91 Å². The molecule has 2 aromatic heterocycles. The Balaban J connectivity index is 1.36. The van der Waals surface area contributed by atoms with Crippen molar-refractivity contribution < 1.29 is 14.1 Å². The third kappa shape index (κ3) is 4.33. The van der Waals surface area contributed by atoms with Crippen LogP contribution in [-0.2, 0) is 0 Å². The third-order valence-corrected chi connectivity index (χ3v) is 5.16. The second kappa shape index (κ2) is 8.76. The number of rotatable bonds is 6. The van der Waals surface area contributed by atoms with E-state index in [1.807, 2.05) is 48.6 Å². The Kier molecular flexibility index (Phi) is 5.35. The molecule has 0 fully saturated rings. The van der Waals surface area contributed by atoms with Crippen molar-refractivity contribution in [1.29, 1.82) is 0 Å². The fourth-order valence-electron chi connectivity index (χ4n) is 3.47. The molecule has 0 aliphatic rings. The van der Waals surface area contributed by atoms with Gasteiger partial charge in [0.2, 0.25) is 0 Å². The molecular formula is C26H18N4O3. The first-order chi connectivity index (χ1) is 16.2. The van der Waals surface area contributed by atoms with Crippen LogP contribution in [0.3, 0.4) is 0 Å². The second-order valence-corrected chi connectivity index (χ2v) is 7.39. The molecule has 0 aliphatic carbocycles. The lowest BCUT2D eigenvalue weighted by atomic mass is 10.0. The molecule has 5 rings (SSSR count). The summed E-state index contributed by atoms with van der Waals surface area (Å²) in [7, 11) is 0. The molecule has 0 saturated heterocycles. The van der Waals surface area contributed by atoms with Crippen molar-refractivity contribution in [3.8, 4) is 0 Å². The van der Waals surface area contributed by atoms with E-state index in [1.165, 1.54) is 12.5 Å². The standard InChI is InChI=1S/C26H18N4O3/c31-25(18-7-4-8-21(13-18)28-26(32)20-15-27-33-16-20)19-10-11-22-23(29-30-24(22)14-19)12-9-17-5-2-1-3-6-17/h1-16H,(H,28,32)(H,29,30)/b12-9+. The highest BCUT2D eigenvalue weighted by molar-refractivity contribution is 6.12. The van der Waals surface area contributed by atoms with Gasteiger partial charge in [-0.2, -0.15) is 5.10 Å². The zero-order valence-electron chi connectivity index (χ0n) is 17.4. The fourth-order valence-corrected chi connectivity index (χ4v) is 3.47. The summed E-state index contributed by atoms with van der Waals surface area (Å²) in [6, 6.07) is 22.2. The van der Waals surface area contributed by atoms with Gasteiger partial charge in [0.1, 0.15) is 6.26 Å². The van der Waals surface area contributed by atoms with Gasteiger partial charge in [-0.15, -0.1) is 0 Å².